The molecule has 0 unspecified atom stereocenters. The van der Waals surface area contributed by atoms with Crippen LogP contribution in [-0.2, 0) is 0 Å². The van der Waals surface area contributed by atoms with Crippen molar-refractivity contribution in [2.75, 3.05) is 5.73 Å². The first-order valence-electron chi connectivity index (χ1n) is 6.31. The van der Waals surface area contributed by atoms with Gasteiger partial charge in [0.05, 0.1) is 17.4 Å². The van der Waals surface area contributed by atoms with Gasteiger partial charge in [0.2, 0.25) is 5.82 Å². The Balaban J connectivity index is 2.09. The van der Waals surface area contributed by atoms with Gasteiger partial charge in [-0.3, -0.25) is 0 Å². The number of rotatable bonds is 2. The summed E-state index contributed by atoms with van der Waals surface area (Å²) < 4.78 is 10.6. The number of hydrogen-bond acceptors (Lipinski definition) is 5. The van der Waals surface area contributed by atoms with E-state index < -0.39 is 0 Å². The Morgan fingerprint density at radius 3 is 2.60 bits per heavy atom. The van der Waals surface area contributed by atoms with E-state index in [1.54, 1.807) is 6.26 Å². The van der Waals surface area contributed by atoms with E-state index in [9.17, 15) is 0 Å². The second-order valence-corrected chi connectivity index (χ2v) is 4.86. The number of nitrogen functional groups attached to an aromatic ring is 1. The third-order valence-corrected chi connectivity index (χ3v) is 3.29. The molecule has 2 heterocycles. The molecule has 0 spiro atoms. The maximum absolute atomic E-state index is 6.10. The van der Waals surface area contributed by atoms with Gasteiger partial charge in [0, 0.05) is 5.69 Å². The first-order chi connectivity index (χ1) is 9.56. The van der Waals surface area contributed by atoms with Crippen molar-refractivity contribution in [3.63, 3.8) is 0 Å². The molecule has 3 rings (SSSR count). The fourth-order valence-corrected chi connectivity index (χ4v) is 2.21. The molecule has 0 saturated heterocycles. The van der Waals surface area contributed by atoms with Crippen molar-refractivity contribution in [1.82, 2.24) is 10.1 Å². The highest BCUT2D eigenvalue weighted by Gasteiger charge is 2.16. The Morgan fingerprint density at radius 1 is 1.10 bits per heavy atom. The average molecular weight is 269 g/mol. The van der Waals surface area contributed by atoms with E-state index in [-0.39, 0.29) is 0 Å². The summed E-state index contributed by atoms with van der Waals surface area (Å²) >= 11 is 0. The summed E-state index contributed by atoms with van der Waals surface area (Å²) in [5, 5.41) is 3.99. The number of nitrogens with zero attached hydrogens (tertiary/aromatic N) is 2. The molecule has 0 fully saturated rings. The minimum Gasteiger partial charge on any atom is -0.469 e. The highest BCUT2D eigenvalue weighted by atomic mass is 16.5. The third-order valence-electron chi connectivity index (χ3n) is 3.29. The first-order valence-corrected chi connectivity index (χ1v) is 6.31. The van der Waals surface area contributed by atoms with Crippen LogP contribution < -0.4 is 5.73 Å². The number of hydrogen-bond donors (Lipinski definition) is 1. The van der Waals surface area contributed by atoms with E-state index in [2.05, 4.69) is 10.1 Å². The number of furan rings is 1. The Bertz CT molecular complexity index is 771. The second-order valence-electron chi connectivity index (χ2n) is 4.86. The largest absolute Gasteiger partial charge is 0.469 e. The lowest BCUT2D eigenvalue weighted by Gasteiger charge is -2.06. The molecule has 102 valence electrons. The van der Waals surface area contributed by atoms with Crippen molar-refractivity contribution in [2.24, 2.45) is 0 Å². The highest BCUT2D eigenvalue weighted by Crippen LogP contribution is 2.30. The smallest absolute Gasteiger partial charge is 0.260 e. The molecule has 20 heavy (non-hydrogen) atoms. The fourth-order valence-electron chi connectivity index (χ4n) is 2.21. The van der Waals surface area contributed by atoms with E-state index in [4.69, 9.17) is 14.7 Å². The molecule has 0 radical (unpaired) electrons. The molecule has 5 heteroatoms. The molecule has 0 aliphatic rings. The van der Waals surface area contributed by atoms with Crippen LogP contribution in [0.2, 0.25) is 0 Å². The summed E-state index contributed by atoms with van der Waals surface area (Å²) in [6, 6.07) is 5.78. The highest BCUT2D eigenvalue weighted by molar-refractivity contribution is 5.75. The van der Waals surface area contributed by atoms with Crippen LogP contribution in [0.15, 0.2) is 33.4 Å². The van der Waals surface area contributed by atoms with Gasteiger partial charge < -0.3 is 14.7 Å². The molecule has 0 atom stereocenters. The van der Waals surface area contributed by atoms with Gasteiger partial charge in [-0.25, -0.2) is 0 Å². The molecule has 0 saturated carbocycles. The Labute approximate surface area is 116 Å². The monoisotopic (exact) mass is 269 g/mol. The van der Waals surface area contributed by atoms with Crippen LogP contribution in [0, 0.1) is 20.8 Å². The van der Waals surface area contributed by atoms with E-state index >= 15 is 0 Å². The fraction of sp³-hybridized carbons (Fsp3) is 0.200. The Hall–Kier alpha value is -2.56. The lowest BCUT2D eigenvalue weighted by Crippen LogP contribution is -1.95. The number of nitrogens with two attached hydrogens (primary N) is 1. The van der Waals surface area contributed by atoms with Gasteiger partial charge in [0.25, 0.3) is 5.89 Å². The van der Waals surface area contributed by atoms with Gasteiger partial charge in [-0.05, 0) is 44.0 Å². The number of benzene rings is 1. The van der Waals surface area contributed by atoms with Crippen LogP contribution in [0.3, 0.4) is 0 Å². The summed E-state index contributed by atoms with van der Waals surface area (Å²) in [5.74, 6) is 1.68. The minimum absolute atomic E-state index is 0.421. The van der Waals surface area contributed by atoms with Gasteiger partial charge in [-0.1, -0.05) is 11.2 Å². The normalized spacial score (nSPS) is 10.9. The minimum atomic E-state index is 0.421. The summed E-state index contributed by atoms with van der Waals surface area (Å²) in [4.78, 5) is 4.41. The quantitative estimate of drug-likeness (QED) is 0.720. The predicted octanol–water partition coefficient (Wildman–Crippen LogP) is 3.50. The Morgan fingerprint density at radius 2 is 1.90 bits per heavy atom. The lowest BCUT2D eigenvalue weighted by molar-refractivity contribution is 0.432. The number of anilines is 1. The van der Waals surface area contributed by atoms with Crippen LogP contribution in [0.1, 0.15) is 16.9 Å². The molecule has 0 bridgehead atoms. The van der Waals surface area contributed by atoms with Gasteiger partial charge in [0.15, 0.2) is 0 Å². The van der Waals surface area contributed by atoms with Gasteiger partial charge in [-0.2, -0.15) is 4.98 Å². The van der Waals surface area contributed by atoms with Crippen molar-refractivity contribution in [1.29, 1.82) is 0 Å². The van der Waals surface area contributed by atoms with Gasteiger partial charge in [-0.15, -0.1) is 0 Å². The molecule has 0 aliphatic heterocycles. The summed E-state index contributed by atoms with van der Waals surface area (Å²) in [6.45, 7) is 5.83. The molecule has 1 aromatic carbocycles. The molecule has 2 N–H and O–H groups in total. The summed E-state index contributed by atoms with van der Waals surface area (Å²) in [6.07, 6.45) is 1.60. The van der Waals surface area contributed by atoms with Crippen LogP contribution in [0.4, 0.5) is 5.69 Å². The van der Waals surface area contributed by atoms with Crippen LogP contribution >= 0.6 is 0 Å². The standard InChI is InChI=1S/C15H15N3O2/c1-8-6-9(2)13(16)12(7-8)15-17-14(18-20-15)11-4-5-19-10(11)3/h4-7H,16H2,1-3H3. The second kappa shape index (κ2) is 4.52. The zero-order chi connectivity index (χ0) is 14.3. The molecule has 2 aromatic heterocycles. The average Bonchev–Trinajstić information content (AvgIpc) is 3.02. The van der Waals surface area contributed by atoms with Gasteiger partial charge in [0.1, 0.15) is 5.76 Å². The van der Waals surface area contributed by atoms with Crippen molar-refractivity contribution in [2.45, 2.75) is 20.8 Å². The lowest BCUT2D eigenvalue weighted by atomic mass is 10.0. The Kier molecular flexibility index (Phi) is 2.82. The van der Waals surface area contributed by atoms with Crippen molar-refractivity contribution in [3.05, 3.63) is 41.3 Å². The van der Waals surface area contributed by atoms with Crippen LogP contribution in [-0.4, -0.2) is 10.1 Å². The topological polar surface area (TPSA) is 78.1 Å². The molecule has 0 aliphatic carbocycles. The molecular formula is C15H15N3O2. The van der Waals surface area contributed by atoms with Crippen LogP contribution in [0.25, 0.3) is 22.8 Å². The predicted molar refractivity (Wildman–Crippen MR) is 76.1 cm³/mol. The first kappa shape index (κ1) is 12.5. The van der Waals surface area contributed by atoms with E-state index in [0.717, 1.165) is 28.0 Å². The van der Waals surface area contributed by atoms with Crippen molar-refractivity contribution in [3.8, 4) is 22.8 Å². The zero-order valence-electron chi connectivity index (χ0n) is 11.6. The summed E-state index contributed by atoms with van der Waals surface area (Å²) in [7, 11) is 0. The molecule has 5 nitrogen and oxygen atoms in total. The van der Waals surface area contributed by atoms with Gasteiger partial charge >= 0.3 is 0 Å². The van der Waals surface area contributed by atoms with Crippen molar-refractivity contribution >= 4 is 5.69 Å². The maximum atomic E-state index is 6.10. The number of aryl methyl sites for hydroxylation is 3. The zero-order valence-corrected chi connectivity index (χ0v) is 11.6. The molecule has 3 aromatic rings. The maximum Gasteiger partial charge on any atom is 0.260 e. The van der Waals surface area contributed by atoms with E-state index in [1.165, 1.54) is 0 Å². The SMILES string of the molecule is Cc1cc(C)c(N)c(-c2nc(-c3ccoc3C)no2)c1. The van der Waals surface area contributed by atoms with Crippen LogP contribution in [0.5, 0.6) is 0 Å². The molecular weight excluding hydrogens is 254 g/mol. The molecule has 0 amide bonds. The summed E-state index contributed by atoms with van der Waals surface area (Å²) in [5.41, 5.74) is 10.4. The van der Waals surface area contributed by atoms with Crippen molar-refractivity contribution < 1.29 is 8.94 Å². The number of aromatic nitrogens is 2. The van der Waals surface area contributed by atoms with E-state index in [1.807, 2.05) is 39.0 Å². The third kappa shape index (κ3) is 1.97. The van der Waals surface area contributed by atoms with E-state index in [0.29, 0.717) is 17.4 Å².